The number of nitrogens with zero attached hydrogens (tertiary/aromatic N) is 3. The quantitative estimate of drug-likeness (QED) is 0.450. The molecule has 1 aromatic heterocycles. The van der Waals surface area contributed by atoms with Crippen molar-refractivity contribution < 1.29 is 23.3 Å². The number of rotatable bonds is 6. The van der Waals surface area contributed by atoms with Gasteiger partial charge in [-0.15, -0.1) is 0 Å². The van der Waals surface area contributed by atoms with Crippen molar-refractivity contribution in [1.82, 2.24) is 14.9 Å². The van der Waals surface area contributed by atoms with E-state index >= 15 is 0 Å². The average Bonchev–Trinajstić information content (AvgIpc) is 2.85. The summed E-state index contributed by atoms with van der Waals surface area (Å²) >= 11 is 9.35. The second-order valence-electron chi connectivity index (χ2n) is 8.10. The van der Waals surface area contributed by atoms with E-state index in [1.54, 1.807) is 19.2 Å². The van der Waals surface area contributed by atoms with Crippen LogP contribution in [-0.2, 0) is 9.47 Å². The van der Waals surface area contributed by atoms with Crippen LogP contribution in [0.4, 0.5) is 15.9 Å². The third-order valence-electron chi connectivity index (χ3n) is 5.92. The van der Waals surface area contributed by atoms with Gasteiger partial charge >= 0.3 is 0 Å². The summed E-state index contributed by atoms with van der Waals surface area (Å²) in [5.41, 5.74) is 0.818. The topological polar surface area (TPSA) is 78.0 Å². The Labute approximate surface area is 209 Å². The molecule has 180 valence electrons. The largest absolute Gasteiger partial charge is 0.493 e. The monoisotopic (exact) mass is 552 g/mol. The van der Waals surface area contributed by atoms with Gasteiger partial charge in [0.15, 0.2) is 11.5 Å². The van der Waals surface area contributed by atoms with E-state index in [2.05, 4.69) is 36.1 Å². The van der Waals surface area contributed by atoms with Crippen molar-refractivity contribution in [3.05, 3.63) is 45.9 Å². The fourth-order valence-corrected chi connectivity index (χ4v) is 4.59. The summed E-state index contributed by atoms with van der Waals surface area (Å²) in [5.74, 6) is 1.01. The van der Waals surface area contributed by atoms with Crippen LogP contribution in [0.5, 0.6) is 11.5 Å². The highest BCUT2D eigenvalue weighted by Gasteiger charge is 2.31. The number of fused-ring (bicyclic) bond motifs is 2. The number of anilines is 2. The van der Waals surface area contributed by atoms with Crippen LogP contribution < -0.4 is 14.8 Å². The lowest BCUT2D eigenvalue weighted by atomic mass is 10.1. The van der Waals surface area contributed by atoms with Gasteiger partial charge in [0, 0.05) is 29.0 Å². The fourth-order valence-electron chi connectivity index (χ4n) is 4.11. The van der Waals surface area contributed by atoms with Gasteiger partial charge in [0.2, 0.25) is 0 Å². The van der Waals surface area contributed by atoms with Gasteiger partial charge in [0.1, 0.15) is 30.7 Å². The first kappa shape index (κ1) is 23.5. The van der Waals surface area contributed by atoms with Crippen LogP contribution in [0.1, 0.15) is 0 Å². The molecule has 1 N–H and O–H groups in total. The molecule has 2 aliphatic heterocycles. The molecule has 2 saturated heterocycles. The van der Waals surface area contributed by atoms with Crippen LogP contribution in [-0.4, -0.2) is 73.6 Å². The molecule has 0 radical (unpaired) electrons. The van der Waals surface area contributed by atoms with Crippen molar-refractivity contribution in [3.63, 3.8) is 0 Å². The maximum absolute atomic E-state index is 14.4. The molecule has 0 spiro atoms. The third kappa shape index (κ3) is 4.92. The first-order chi connectivity index (χ1) is 16.5. The Morgan fingerprint density at radius 1 is 1.24 bits per heavy atom. The van der Waals surface area contributed by atoms with E-state index in [4.69, 9.17) is 30.5 Å². The van der Waals surface area contributed by atoms with E-state index in [1.807, 2.05) is 0 Å². The Hall–Kier alpha value is -2.24. The minimum absolute atomic E-state index is 0.0532. The summed E-state index contributed by atoms with van der Waals surface area (Å²) in [6.07, 6.45) is 1.35. The summed E-state index contributed by atoms with van der Waals surface area (Å²) in [4.78, 5) is 11.0. The normalized spacial score (nSPS) is 20.7. The van der Waals surface area contributed by atoms with Crippen LogP contribution in [0.25, 0.3) is 10.9 Å². The van der Waals surface area contributed by atoms with Gasteiger partial charge in [-0.2, -0.15) is 0 Å². The number of methoxy groups -OCH3 is 1. The highest BCUT2D eigenvalue weighted by atomic mass is 79.9. The summed E-state index contributed by atoms with van der Waals surface area (Å²) in [6.45, 7) is 4.15. The van der Waals surface area contributed by atoms with Crippen molar-refractivity contribution in [1.29, 1.82) is 0 Å². The van der Waals surface area contributed by atoms with Crippen LogP contribution in [0, 0.1) is 5.82 Å². The zero-order valence-electron chi connectivity index (χ0n) is 18.4. The predicted octanol–water partition coefficient (Wildman–Crippen LogP) is 4.42. The molecule has 11 heteroatoms. The molecule has 3 aromatic rings. The molecule has 2 aromatic carbocycles. The number of halogens is 3. The molecule has 2 aliphatic rings. The van der Waals surface area contributed by atoms with Crippen molar-refractivity contribution in [2.75, 3.05) is 51.9 Å². The number of benzene rings is 2. The van der Waals surface area contributed by atoms with E-state index in [-0.39, 0.29) is 11.8 Å². The molecule has 2 atom stereocenters. The van der Waals surface area contributed by atoms with E-state index in [0.717, 1.165) is 19.7 Å². The highest BCUT2D eigenvalue weighted by molar-refractivity contribution is 9.10. The zero-order valence-corrected chi connectivity index (χ0v) is 20.7. The maximum Gasteiger partial charge on any atom is 0.163 e. The Morgan fingerprint density at radius 3 is 2.97 bits per heavy atom. The summed E-state index contributed by atoms with van der Waals surface area (Å²) in [6, 6.07) is 6.66. The molecule has 34 heavy (non-hydrogen) atoms. The second-order valence-corrected chi connectivity index (χ2v) is 9.37. The number of nitrogens with one attached hydrogen (secondary N) is 1. The van der Waals surface area contributed by atoms with Crippen molar-refractivity contribution in [2.45, 2.75) is 12.1 Å². The van der Waals surface area contributed by atoms with Gasteiger partial charge in [-0.05, 0) is 34.1 Å². The number of ether oxygens (including phenoxy) is 4. The maximum atomic E-state index is 14.4. The SMILES string of the molecule is COc1cc2c(Nc3cc(Cl)c(Br)cc3F)ncnc2cc1OCC1CN2CCOCC2CO1. The molecule has 0 bridgehead atoms. The summed E-state index contributed by atoms with van der Waals surface area (Å²) < 4.78 is 38.1. The standard InChI is InChI=1S/C23H23BrClFN4O4/c1-31-21-4-15-19(27-12-28-23(15)29-20-6-17(25)16(24)5-18(20)26)7-22(21)34-11-14-8-30-2-3-32-9-13(30)10-33-14/h4-7,12-14H,2-3,8-11H2,1H3,(H,27,28,29). The van der Waals surface area contributed by atoms with Crippen molar-refractivity contribution in [2.24, 2.45) is 0 Å². The van der Waals surface area contributed by atoms with Crippen molar-refractivity contribution in [3.8, 4) is 11.5 Å². The first-order valence-corrected chi connectivity index (χ1v) is 12.0. The molecular formula is C23H23BrClFN4O4. The molecule has 8 nitrogen and oxygen atoms in total. The Balaban J connectivity index is 1.36. The predicted molar refractivity (Wildman–Crippen MR) is 130 cm³/mol. The highest BCUT2D eigenvalue weighted by Crippen LogP contribution is 2.36. The van der Waals surface area contributed by atoms with Gasteiger partial charge in [0.05, 0.1) is 49.2 Å². The van der Waals surface area contributed by atoms with Gasteiger partial charge in [-0.3, -0.25) is 4.90 Å². The molecule has 0 aliphatic carbocycles. The molecule has 2 unspecified atom stereocenters. The van der Waals surface area contributed by atoms with Gasteiger partial charge in [0.25, 0.3) is 0 Å². The van der Waals surface area contributed by atoms with E-state index in [0.29, 0.717) is 63.6 Å². The Morgan fingerprint density at radius 2 is 2.12 bits per heavy atom. The van der Waals surface area contributed by atoms with Crippen LogP contribution in [0.15, 0.2) is 35.1 Å². The summed E-state index contributed by atoms with van der Waals surface area (Å²) in [5, 5.41) is 4.03. The van der Waals surface area contributed by atoms with E-state index in [1.165, 1.54) is 18.5 Å². The van der Waals surface area contributed by atoms with E-state index < -0.39 is 5.82 Å². The number of hydrogen-bond acceptors (Lipinski definition) is 8. The average molecular weight is 554 g/mol. The van der Waals surface area contributed by atoms with Crippen LogP contribution in [0.2, 0.25) is 5.02 Å². The lowest BCUT2D eigenvalue weighted by Crippen LogP contribution is -2.56. The number of aromatic nitrogens is 2. The number of morpholine rings is 2. The lowest BCUT2D eigenvalue weighted by molar-refractivity contribution is -0.124. The lowest BCUT2D eigenvalue weighted by Gasteiger charge is -2.41. The number of hydrogen-bond donors (Lipinski definition) is 1. The fraction of sp³-hybridized carbons (Fsp3) is 0.391. The molecule has 2 fully saturated rings. The Kier molecular flexibility index (Phi) is 7.03. The van der Waals surface area contributed by atoms with Crippen LogP contribution >= 0.6 is 27.5 Å². The van der Waals surface area contributed by atoms with E-state index in [9.17, 15) is 4.39 Å². The third-order valence-corrected chi connectivity index (χ3v) is 7.12. The van der Waals surface area contributed by atoms with Gasteiger partial charge in [-0.1, -0.05) is 11.6 Å². The molecule has 0 saturated carbocycles. The minimum Gasteiger partial charge on any atom is -0.493 e. The molecule has 5 rings (SSSR count). The molecule has 3 heterocycles. The van der Waals surface area contributed by atoms with Gasteiger partial charge < -0.3 is 24.3 Å². The Bertz CT molecular complexity index is 1200. The smallest absolute Gasteiger partial charge is 0.163 e. The minimum atomic E-state index is -0.468. The van der Waals surface area contributed by atoms with Gasteiger partial charge in [-0.25, -0.2) is 14.4 Å². The molecular weight excluding hydrogens is 531 g/mol. The second kappa shape index (κ2) is 10.2. The van der Waals surface area contributed by atoms with Crippen molar-refractivity contribution >= 4 is 49.9 Å². The summed E-state index contributed by atoms with van der Waals surface area (Å²) in [7, 11) is 1.56. The zero-order chi connectivity index (χ0) is 23.7. The first-order valence-electron chi connectivity index (χ1n) is 10.8. The van der Waals surface area contributed by atoms with Crippen LogP contribution in [0.3, 0.4) is 0 Å². The molecule has 0 amide bonds.